The van der Waals surface area contributed by atoms with E-state index in [0.29, 0.717) is 23.9 Å². The first kappa shape index (κ1) is 92.9. The van der Waals surface area contributed by atoms with E-state index in [9.17, 15) is 19.0 Å². The molecule has 96 heavy (non-hydrogen) atoms. The van der Waals surface area contributed by atoms with Crippen molar-refractivity contribution in [3.8, 4) is 0 Å². The molecule has 0 rings (SSSR count). The molecule has 0 amide bonds. The first-order chi connectivity index (χ1) is 47.0. The van der Waals surface area contributed by atoms with Gasteiger partial charge in [-0.05, 0) is 89.9 Å². The summed E-state index contributed by atoms with van der Waals surface area (Å²) in [5.74, 6) is -0.777. The van der Waals surface area contributed by atoms with E-state index in [-0.39, 0.29) is 25.6 Å². The van der Waals surface area contributed by atoms with E-state index in [1.54, 1.807) is 0 Å². The number of quaternary nitrogens is 1. The van der Waals surface area contributed by atoms with Gasteiger partial charge in [-0.2, -0.15) is 0 Å². The van der Waals surface area contributed by atoms with Gasteiger partial charge in [0.25, 0.3) is 0 Å². The van der Waals surface area contributed by atoms with Crippen molar-refractivity contribution in [3.05, 3.63) is 97.2 Å². The molecule has 0 aliphatic rings. The molecule has 0 saturated heterocycles. The van der Waals surface area contributed by atoms with Crippen LogP contribution in [-0.2, 0) is 32.7 Å². The molecule has 10 heteroatoms. The molecule has 0 fully saturated rings. The van der Waals surface area contributed by atoms with Gasteiger partial charge in [0.2, 0.25) is 0 Å². The molecule has 0 aromatic carbocycles. The lowest BCUT2D eigenvalue weighted by molar-refractivity contribution is -0.870. The van der Waals surface area contributed by atoms with Crippen molar-refractivity contribution in [3.63, 3.8) is 0 Å². The Hall–Kier alpha value is -3.07. The standard InChI is InChI=1S/C86H156NO8P/c1-6-8-10-12-14-16-18-20-22-24-26-28-30-32-34-36-38-40-41-42-43-44-45-47-49-51-53-55-57-59-61-63-65-67-69-71-73-75-77-79-86(89)95-84(83-94-96(90,91)93-81-80-87(3,4)5)82-92-85(88)78-76-74-72-70-68-66-64-62-60-58-56-54-52-50-48-46-39-37-35-33-31-29-27-25-23-21-19-17-15-13-11-9-7-2/h8-11,14-17,20-23,26-29,84H,6-7,12-13,18-19,24-25,30-83H2,1-5H3/p+1/b10-8-,11-9-,16-14-,17-15-,22-20-,23-21-,28-26-,29-27-. The number of phosphoric ester groups is 1. The van der Waals surface area contributed by atoms with Crippen molar-refractivity contribution in [1.82, 2.24) is 0 Å². The summed E-state index contributed by atoms with van der Waals surface area (Å²) >= 11 is 0. The fraction of sp³-hybridized carbons (Fsp3) is 0.791. The van der Waals surface area contributed by atoms with Crippen LogP contribution in [0.2, 0.25) is 0 Å². The zero-order valence-electron chi connectivity index (χ0n) is 63.9. The maximum atomic E-state index is 12.9. The molecule has 0 aromatic rings. The lowest BCUT2D eigenvalue weighted by atomic mass is 10.0. The predicted molar refractivity (Wildman–Crippen MR) is 418 cm³/mol. The summed E-state index contributed by atoms with van der Waals surface area (Å²) in [7, 11) is 1.49. The SMILES string of the molecule is CC/C=C\C/C=C\C/C=C\C/C=C\CCCCCCCCCCCCCCCCCCCCCCCCCCCCC(=O)OC(COC(=O)CCCCCCCCCCCCCCCCCCCCCC/C=C\C/C=C\C/C=C\C/C=C\CC)COP(=O)(O)OCC[N+](C)(C)C. The van der Waals surface area contributed by atoms with E-state index in [4.69, 9.17) is 18.5 Å². The van der Waals surface area contributed by atoms with E-state index in [1.165, 1.54) is 270 Å². The largest absolute Gasteiger partial charge is 0.472 e. The average Bonchev–Trinajstić information content (AvgIpc) is 1.98. The van der Waals surface area contributed by atoms with Crippen LogP contribution in [0, 0.1) is 0 Å². The van der Waals surface area contributed by atoms with Crippen LogP contribution in [0.4, 0.5) is 0 Å². The fourth-order valence-electron chi connectivity index (χ4n) is 11.9. The Bertz CT molecular complexity index is 1940. The Kier molecular flexibility index (Phi) is 73.7. The summed E-state index contributed by atoms with van der Waals surface area (Å²) < 4.78 is 34.9. The molecule has 2 unspecified atom stereocenters. The maximum Gasteiger partial charge on any atom is 0.472 e. The van der Waals surface area contributed by atoms with Gasteiger partial charge < -0.3 is 18.9 Å². The molecule has 558 valence electrons. The lowest BCUT2D eigenvalue weighted by Crippen LogP contribution is -2.37. The minimum absolute atomic E-state index is 0.0326. The number of hydrogen-bond donors (Lipinski definition) is 1. The van der Waals surface area contributed by atoms with Crippen molar-refractivity contribution in [2.75, 3.05) is 47.5 Å². The molecule has 9 nitrogen and oxygen atoms in total. The maximum absolute atomic E-state index is 12.9. The summed E-state index contributed by atoms with van der Waals surface area (Å²) in [6.07, 6.45) is 107. The highest BCUT2D eigenvalue weighted by Crippen LogP contribution is 2.43. The van der Waals surface area contributed by atoms with Crippen LogP contribution >= 0.6 is 7.82 Å². The number of hydrogen-bond acceptors (Lipinski definition) is 7. The van der Waals surface area contributed by atoms with E-state index in [1.807, 2.05) is 21.1 Å². The summed E-state index contributed by atoms with van der Waals surface area (Å²) in [4.78, 5) is 36.0. The van der Waals surface area contributed by atoms with Gasteiger partial charge in [0.05, 0.1) is 27.7 Å². The van der Waals surface area contributed by atoms with Crippen molar-refractivity contribution in [2.24, 2.45) is 0 Å². The number of carbonyl (C=O) groups is 2. The number of rotatable bonds is 76. The van der Waals surface area contributed by atoms with Crippen molar-refractivity contribution in [2.45, 2.75) is 392 Å². The van der Waals surface area contributed by atoms with E-state index in [0.717, 1.165) is 83.5 Å². The lowest BCUT2D eigenvalue weighted by Gasteiger charge is -2.24. The van der Waals surface area contributed by atoms with Gasteiger partial charge in [-0.1, -0.05) is 381 Å². The highest BCUT2D eigenvalue weighted by Gasteiger charge is 2.27. The van der Waals surface area contributed by atoms with Gasteiger partial charge in [-0.3, -0.25) is 18.6 Å². The molecule has 0 spiro atoms. The minimum atomic E-state index is -4.40. The van der Waals surface area contributed by atoms with Crippen LogP contribution in [0.15, 0.2) is 97.2 Å². The normalized spacial score (nSPS) is 13.5. The first-order valence-electron chi connectivity index (χ1n) is 41.0. The number of nitrogens with zero attached hydrogens (tertiary/aromatic N) is 1. The molecule has 0 bridgehead atoms. The first-order valence-corrected chi connectivity index (χ1v) is 42.5. The van der Waals surface area contributed by atoms with E-state index in [2.05, 4.69) is 111 Å². The Morgan fingerprint density at radius 1 is 0.323 bits per heavy atom. The van der Waals surface area contributed by atoms with Crippen LogP contribution in [0.3, 0.4) is 0 Å². The van der Waals surface area contributed by atoms with Crippen LogP contribution in [0.1, 0.15) is 386 Å². The van der Waals surface area contributed by atoms with Gasteiger partial charge in [0.1, 0.15) is 19.8 Å². The van der Waals surface area contributed by atoms with Crippen LogP contribution in [0.25, 0.3) is 0 Å². The number of unbranched alkanes of at least 4 members (excludes halogenated alkanes) is 46. The van der Waals surface area contributed by atoms with Crippen LogP contribution in [-0.4, -0.2) is 74.9 Å². The highest BCUT2D eigenvalue weighted by molar-refractivity contribution is 7.47. The third-order valence-corrected chi connectivity index (χ3v) is 19.1. The zero-order chi connectivity index (χ0) is 69.7. The molecule has 0 radical (unpaired) electrons. The Labute approximate surface area is 595 Å². The predicted octanol–water partition coefficient (Wildman–Crippen LogP) is 27.4. The summed E-state index contributed by atoms with van der Waals surface area (Å²) in [5, 5.41) is 0. The molecular weight excluding hydrogens is 1210 g/mol. The molecule has 1 N–H and O–H groups in total. The summed E-state index contributed by atoms with van der Waals surface area (Å²) in [6, 6.07) is 0. The second kappa shape index (κ2) is 76.1. The molecule has 0 aliphatic heterocycles. The number of carbonyl (C=O) groups excluding carboxylic acids is 2. The molecule has 0 saturated carbocycles. The molecular formula is C86H157NO8P+. The Morgan fingerprint density at radius 2 is 0.562 bits per heavy atom. The summed E-state index contributed by atoms with van der Waals surface area (Å²) in [5.41, 5.74) is 0. The van der Waals surface area contributed by atoms with Gasteiger partial charge in [0.15, 0.2) is 6.10 Å². The third-order valence-electron chi connectivity index (χ3n) is 18.1. The molecule has 0 aromatic heterocycles. The topological polar surface area (TPSA) is 108 Å². The Balaban J connectivity index is 3.90. The third kappa shape index (κ3) is 79.9. The smallest absolute Gasteiger partial charge is 0.462 e. The van der Waals surface area contributed by atoms with Crippen molar-refractivity contribution in [1.29, 1.82) is 0 Å². The monoisotopic (exact) mass is 1360 g/mol. The quantitative estimate of drug-likeness (QED) is 0.0211. The number of phosphoric acid groups is 1. The highest BCUT2D eigenvalue weighted by atomic mass is 31.2. The van der Waals surface area contributed by atoms with Gasteiger partial charge in [0, 0.05) is 12.8 Å². The molecule has 0 heterocycles. The van der Waals surface area contributed by atoms with Crippen LogP contribution in [0.5, 0.6) is 0 Å². The van der Waals surface area contributed by atoms with Crippen LogP contribution < -0.4 is 0 Å². The summed E-state index contributed by atoms with van der Waals surface area (Å²) in [6.45, 7) is 4.27. The Morgan fingerprint density at radius 3 is 0.833 bits per heavy atom. The minimum Gasteiger partial charge on any atom is -0.462 e. The molecule has 2 atom stereocenters. The second-order valence-corrected chi connectivity index (χ2v) is 30.2. The van der Waals surface area contributed by atoms with Gasteiger partial charge >= 0.3 is 19.8 Å². The van der Waals surface area contributed by atoms with Crippen molar-refractivity contribution >= 4 is 19.8 Å². The fourth-order valence-corrected chi connectivity index (χ4v) is 12.7. The molecule has 0 aliphatic carbocycles. The average molecular weight is 1360 g/mol. The number of likely N-dealkylation sites (N-methyl/N-ethyl adjacent to an activating group) is 1. The second-order valence-electron chi connectivity index (χ2n) is 28.7. The van der Waals surface area contributed by atoms with E-state index < -0.39 is 26.5 Å². The number of ether oxygens (including phenoxy) is 2. The van der Waals surface area contributed by atoms with Crippen molar-refractivity contribution < 1.29 is 42.1 Å². The van der Waals surface area contributed by atoms with E-state index >= 15 is 0 Å². The zero-order valence-corrected chi connectivity index (χ0v) is 64.7. The van der Waals surface area contributed by atoms with Gasteiger partial charge in [-0.15, -0.1) is 0 Å². The number of esters is 2. The van der Waals surface area contributed by atoms with Gasteiger partial charge in [-0.25, -0.2) is 4.57 Å². The number of allylic oxidation sites excluding steroid dienone is 16.